The number of hydrogen-bond acceptors (Lipinski definition) is 7. The average Bonchev–Trinajstić information content (AvgIpc) is 3.32. The van der Waals surface area contributed by atoms with E-state index in [-0.39, 0.29) is 12.1 Å². The van der Waals surface area contributed by atoms with Gasteiger partial charge in [0.2, 0.25) is 5.78 Å². The van der Waals surface area contributed by atoms with Crippen molar-refractivity contribution in [3.05, 3.63) is 58.9 Å². The molecule has 0 aliphatic rings. The minimum absolute atomic E-state index is 0.0723. The molecule has 1 unspecified atom stereocenters. The third-order valence-electron chi connectivity index (χ3n) is 3.47. The number of pyridine rings is 1. The molecule has 3 aromatic rings. The molecule has 3 heterocycles. The average molecular weight is 370 g/mol. The van der Waals surface area contributed by atoms with Crippen molar-refractivity contribution in [2.75, 3.05) is 0 Å². The molecule has 10 heteroatoms. The van der Waals surface area contributed by atoms with Crippen molar-refractivity contribution in [1.29, 1.82) is 0 Å². The molecule has 0 radical (unpaired) electrons. The van der Waals surface area contributed by atoms with E-state index in [1.54, 1.807) is 36.0 Å². The molecule has 0 saturated carbocycles. The Labute approximate surface area is 151 Å². The van der Waals surface area contributed by atoms with E-state index in [4.69, 9.17) is 5.73 Å². The van der Waals surface area contributed by atoms with E-state index in [9.17, 15) is 14.4 Å². The lowest BCUT2D eigenvalue weighted by Crippen LogP contribution is -2.47. The van der Waals surface area contributed by atoms with E-state index in [1.165, 1.54) is 28.3 Å². The molecule has 1 atom stereocenters. The molecule has 132 valence electrons. The molecule has 0 aliphatic heterocycles. The van der Waals surface area contributed by atoms with Crippen LogP contribution < -0.4 is 11.1 Å². The summed E-state index contributed by atoms with van der Waals surface area (Å²) in [6.45, 7) is 0. The molecular weight excluding hydrogens is 356 g/mol. The van der Waals surface area contributed by atoms with Gasteiger partial charge in [0.15, 0.2) is 5.82 Å². The highest BCUT2D eigenvalue weighted by atomic mass is 32.1. The summed E-state index contributed by atoms with van der Waals surface area (Å²) in [6, 6.07) is 5.55. The van der Waals surface area contributed by atoms with Gasteiger partial charge in [0.25, 0.3) is 11.8 Å². The largest absolute Gasteiger partial charge is 0.363 e. The number of nitrogens with one attached hydrogen (secondary N) is 1. The SMILES string of the molecule is NC(=O)C(=O)C(Cc1nccs1)NC(=O)c1ccnn1-c1ccccn1. The molecule has 0 aliphatic carbocycles. The van der Waals surface area contributed by atoms with Gasteiger partial charge in [-0.3, -0.25) is 14.4 Å². The lowest BCUT2D eigenvalue weighted by molar-refractivity contribution is -0.137. The summed E-state index contributed by atoms with van der Waals surface area (Å²) in [6.07, 6.45) is 4.66. The summed E-state index contributed by atoms with van der Waals surface area (Å²) in [5.74, 6) is -2.15. The Hall–Kier alpha value is -3.40. The maximum atomic E-state index is 12.6. The van der Waals surface area contributed by atoms with Crippen LogP contribution in [0.3, 0.4) is 0 Å². The summed E-state index contributed by atoms with van der Waals surface area (Å²) in [4.78, 5) is 44.2. The number of rotatable bonds is 7. The lowest BCUT2D eigenvalue weighted by Gasteiger charge is -2.15. The molecule has 0 aromatic carbocycles. The van der Waals surface area contributed by atoms with Crippen LogP contribution in [0, 0.1) is 0 Å². The first-order valence-electron chi connectivity index (χ1n) is 7.54. The highest BCUT2D eigenvalue weighted by molar-refractivity contribution is 7.09. The standard InChI is InChI=1S/C16H14N6O3S/c17-15(24)14(23)10(9-13-19-7-8-26-13)21-16(25)11-4-6-20-22(11)12-3-1-2-5-18-12/h1-8,10H,9H2,(H2,17,24)(H,21,25). The Kier molecular flexibility index (Phi) is 5.13. The predicted octanol–water partition coefficient (Wildman–Crippen LogP) is 0.119. The first-order valence-corrected chi connectivity index (χ1v) is 8.42. The minimum atomic E-state index is -1.12. The van der Waals surface area contributed by atoms with Gasteiger partial charge in [-0.1, -0.05) is 6.07 Å². The molecule has 2 amide bonds. The first kappa shape index (κ1) is 17.4. The van der Waals surface area contributed by atoms with Crippen molar-refractivity contribution in [2.24, 2.45) is 5.73 Å². The van der Waals surface area contributed by atoms with Gasteiger partial charge in [-0.15, -0.1) is 11.3 Å². The quantitative estimate of drug-likeness (QED) is 0.568. The Balaban J connectivity index is 1.83. The number of nitrogens with two attached hydrogens (primary N) is 1. The molecule has 0 spiro atoms. The zero-order valence-corrected chi connectivity index (χ0v) is 14.2. The van der Waals surface area contributed by atoms with Gasteiger partial charge >= 0.3 is 0 Å². The number of nitrogens with zero attached hydrogens (tertiary/aromatic N) is 4. The number of carbonyl (C=O) groups excluding carboxylic acids is 3. The van der Waals surface area contributed by atoms with Crippen molar-refractivity contribution in [1.82, 2.24) is 25.1 Å². The molecule has 0 saturated heterocycles. The molecule has 26 heavy (non-hydrogen) atoms. The Bertz CT molecular complexity index is 923. The van der Waals surface area contributed by atoms with E-state index in [0.717, 1.165) is 0 Å². The number of Topliss-reactive ketones (excluding diaryl/α,β-unsaturated/α-hetero) is 1. The Morgan fingerprint density at radius 1 is 1.15 bits per heavy atom. The lowest BCUT2D eigenvalue weighted by atomic mass is 10.1. The van der Waals surface area contributed by atoms with Gasteiger partial charge in [0.05, 0.1) is 11.2 Å². The second-order valence-corrected chi connectivity index (χ2v) is 6.18. The summed E-state index contributed by atoms with van der Waals surface area (Å²) in [5.41, 5.74) is 5.27. The third-order valence-corrected chi connectivity index (χ3v) is 4.27. The highest BCUT2D eigenvalue weighted by Crippen LogP contribution is 2.11. The van der Waals surface area contributed by atoms with Crippen molar-refractivity contribution < 1.29 is 14.4 Å². The smallest absolute Gasteiger partial charge is 0.287 e. The van der Waals surface area contributed by atoms with Crippen LogP contribution in [0.2, 0.25) is 0 Å². The monoisotopic (exact) mass is 370 g/mol. The topological polar surface area (TPSA) is 133 Å². The predicted molar refractivity (Wildman–Crippen MR) is 92.6 cm³/mol. The summed E-state index contributed by atoms with van der Waals surface area (Å²) in [7, 11) is 0. The number of hydrogen-bond donors (Lipinski definition) is 2. The maximum Gasteiger partial charge on any atom is 0.287 e. The Morgan fingerprint density at radius 3 is 2.65 bits per heavy atom. The fourth-order valence-electron chi connectivity index (χ4n) is 2.28. The Morgan fingerprint density at radius 2 is 2.00 bits per heavy atom. The van der Waals surface area contributed by atoms with Crippen LogP contribution in [0.4, 0.5) is 0 Å². The first-order chi connectivity index (χ1) is 12.6. The van der Waals surface area contributed by atoms with Crippen LogP contribution in [-0.4, -0.2) is 43.4 Å². The number of thiazole rings is 1. The second-order valence-electron chi connectivity index (χ2n) is 5.20. The van der Waals surface area contributed by atoms with Gasteiger partial charge in [0, 0.05) is 24.2 Å². The number of aromatic nitrogens is 4. The molecule has 0 fully saturated rings. The van der Waals surface area contributed by atoms with E-state index in [1.807, 2.05) is 0 Å². The van der Waals surface area contributed by atoms with Gasteiger partial charge in [-0.2, -0.15) is 5.10 Å². The van der Waals surface area contributed by atoms with Crippen molar-refractivity contribution >= 4 is 28.9 Å². The third kappa shape index (κ3) is 3.81. The van der Waals surface area contributed by atoms with Crippen LogP contribution >= 0.6 is 11.3 Å². The molecule has 0 bridgehead atoms. The highest BCUT2D eigenvalue weighted by Gasteiger charge is 2.28. The molecule has 3 aromatic heterocycles. The van der Waals surface area contributed by atoms with Gasteiger partial charge < -0.3 is 11.1 Å². The van der Waals surface area contributed by atoms with Gasteiger partial charge in [-0.05, 0) is 18.2 Å². The van der Waals surface area contributed by atoms with Crippen LogP contribution in [0.15, 0.2) is 48.2 Å². The summed E-state index contributed by atoms with van der Waals surface area (Å²) in [5, 5.41) is 8.95. The second kappa shape index (κ2) is 7.66. The minimum Gasteiger partial charge on any atom is -0.363 e. The number of carbonyl (C=O) groups is 3. The van der Waals surface area contributed by atoms with E-state index in [2.05, 4.69) is 20.4 Å². The molecule has 3 N–H and O–H groups in total. The van der Waals surface area contributed by atoms with Crippen molar-refractivity contribution in [3.63, 3.8) is 0 Å². The molecule has 9 nitrogen and oxygen atoms in total. The van der Waals surface area contributed by atoms with E-state index in [0.29, 0.717) is 10.8 Å². The summed E-state index contributed by atoms with van der Waals surface area (Å²) >= 11 is 1.31. The van der Waals surface area contributed by atoms with E-state index < -0.39 is 23.6 Å². The number of amides is 2. The zero-order chi connectivity index (χ0) is 18.5. The normalized spacial score (nSPS) is 11.7. The van der Waals surface area contributed by atoms with Crippen molar-refractivity contribution in [3.8, 4) is 5.82 Å². The zero-order valence-electron chi connectivity index (χ0n) is 13.4. The molecular formula is C16H14N6O3S. The fourth-order valence-corrected chi connectivity index (χ4v) is 2.94. The van der Waals surface area contributed by atoms with Crippen LogP contribution in [-0.2, 0) is 16.0 Å². The number of primary amides is 1. The summed E-state index contributed by atoms with van der Waals surface area (Å²) < 4.78 is 1.34. The fraction of sp³-hybridized carbons (Fsp3) is 0.125. The van der Waals surface area contributed by atoms with Crippen LogP contribution in [0.5, 0.6) is 0 Å². The van der Waals surface area contributed by atoms with Crippen LogP contribution in [0.25, 0.3) is 5.82 Å². The van der Waals surface area contributed by atoms with E-state index >= 15 is 0 Å². The van der Waals surface area contributed by atoms with Gasteiger partial charge in [-0.25, -0.2) is 14.6 Å². The maximum absolute atomic E-state index is 12.6. The van der Waals surface area contributed by atoms with Crippen LogP contribution in [0.1, 0.15) is 15.5 Å². The van der Waals surface area contributed by atoms with Gasteiger partial charge in [0.1, 0.15) is 11.7 Å². The number of ketones is 1. The van der Waals surface area contributed by atoms with Crippen molar-refractivity contribution in [2.45, 2.75) is 12.5 Å². The molecule has 3 rings (SSSR count).